The molecule has 3 aromatic carbocycles. The molecule has 1 aromatic heterocycles. The number of nitrogens with zero attached hydrogens (tertiary/aromatic N) is 3. The fourth-order valence-corrected chi connectivity index (χ4v) is 5.57. The second-order valence-corrected chi connectivity index (χ2v) is 11.2. The number of hydrogen-bond donors (Lipinski definition) is 2. The molecule has 0 radical (unpaired) electrons. The van der Waals surface area contributed by atoms with Crippen molar-refractivity contribution in [3.05, 3.63) is 110 Å². The van der Waals surface area contributed by atoms with Crippen molar-refractivity contribution in [3.8, 4) is 0 Å². The summed E-state index contributed by atoms with van der Waals surface area (Å²) in [4.78, 5) is 18.5. The number of thioether (sulfide) groups is 1. The van der Waals surface area contributed by atoms with Crippen molar-refractivity contribution in [2.75, 3.05) is 10.6 Å². The lowest BCUT2D eigenvalue weighted by Gasteiger charge is -2.29. The van der Waals surface area contributed by atoms with E-state index in [0.29, 0.717) is 16.7 Å². The molecule has 0 spiro atoms. The molecule has 6 nitrogen and oxygen atoms in total. The van der Waals surface area contributed by atoms with E-state index in [9.17, 15) is 4.79 Å². The van der Waals surface area contributed by atoms with Gasteiger partial charge in [0, 0.05) is 21.6 Å². The van der Waals surface area contributed by atoms with Gasteiger partial charge in [-0.25, -0.2) is 4.68 Å². The first kappa shape index (κ1) is 25.3. The van der Waals surface area contributed by atoms with Gasteiger partial charge in [-0.05, 0) is 62.6 Å². The Labute approximate surface area is 229 Å². The second-order valence-electron chi connectivity index (χ2n) is 9.33. The Hall–Kier alpha value is -3.36. The molecule has 2 N–H and O–H groups in total. The zero-order chi connectivity index (χ0) is 26.1. The van der Waals surface area contributed by atoms with Crippen LogP contribution in [0.4, 0.5) is 11.6 Å². The average molecular weight is 575 g/mol. The number of aromatic nitrogens is 3. The van der Waals surface area contributed by atoms with Crippen molar-refractivity contribution in [3.63, 3.8) is 0 Å². The van der Waals surface area contributed by atoms with E-state index < -0.39 is 6.04 Å². The number of carbonyl (C=O) groups excluding carboxylic acids is 1. The predicted molar refractivity (Wildman–Crippen MR) is 154 cm³/mol. The summed E-state index contributed by atoms with van der Waals surface area (Å²) in [5.41, 5.74) is 7.73. The number of benzene rings is 3. The van der Waals surface area contributed by atoms with Crippen molar-refractivity contribution in [1.29, 1.82) is 0 Å². The van der Waals surface area contributed by atoms with Crippen LogP contribution < -0.4 is 10.6 Å². The summed E-state index contributed by atoms with van der Waals surface area (Å²) in [6, 6.07) is 22.0. The molecular formula is C29H28BrN5OS. The smallest absolute Gasteiger partial charge is 0.255 e. The molecule has 8 heteroatoms. The van der Waals surface area contributed by atoms with E-state index in [1.165, 1.54) is 11.1 Å². The SMILES string of the molecule is CC1=C(C(=O)Nc2ccc(C)cc2C)[C@@H](c2ccc(Br)cc2)n2nc(SCc3cccc(C)c3)nc2N1. The van der Waals surface area contributed by atoms with E-state index in [-0.39, 0.29) is 5.91 Å². The molecule has 37 heavy (non-hydrogen) atoms. The van der Waals surface area contributed by atoms with Crippen LogP contribution in [0.25, 0.3) is 0 Å². The van der Waals surface area contributed by atoms with Gasteiger partial charge in [-0.2, -0.15) is 4.98 Å². The third-order valence-electron chi connectivity index (χ3n) is 6.34. The van der Waals surface area contributed by atoms with Crippen LogP contribution in [-0.2, 0) is 10.5 Å². The molecule has 0 saturated heterocycles. The first-order valence-corrected chi connectivity index (χ1v) is 13.8. The molecule has 0 saturated carbocycles. The van der Waals surface area contributed by atoms with Crippen LogP contribution in [0.5, 0.6) is 0 Å². The molecule has 1 aliphatic rings. The standard InChI is InChI=1S/C29H28BrN5OS/c1-17-6-5-7-21(15-17)16-37-29-33-28-31-20(4)25(27(36)32-24-13-8-18(2)14-19(24)3)26(35(28)34-29)22-9-11-23(30)12-10-22/h5-15,26H,16H2,1-4H3,(H,32,36)(H,31,33,34)/t26-/m1/s1. The van der Waals surface area contributed by atoms with Crippen molar-refractivity contribution >= 4 is 45.2 Å². The lowest BCUT2D eigenvalue weighted by Crippen LogP contribution is -2.31. The minimum atomic E-state index is -0.420. The minimum absolute atomic E-state index is 0.167. The number of fused-ring (bicyclic) bond motifs is 1. The summed E-state index contributed by atoms with van der Waals surface area (Å²) in [6.07, 6.45) is 0. The molecule has 4 aromatic rings. The van der Waals surface area contributed by atoms with Gasteiger partial charge in [-0.3, -0.25) is 4.79 Å². The fourth-order valence-electron chi connectivity index (χ4n) is 4.53. The third-order valence-corrected chi connectivity index (χ3v) is 7.78. The molecule has 188 valence electrons. The number of rotatable bonds is 6. The van der Waals surface area contributed by atoms with Crippen molar-refractivity contribution in [2.45, 2.75) is 44.6 Å². The number of hydrogen-bond acceptors (Lipinski definition) is 5. The van der Waals surface area contributed by atoms with Crippen LogP contribution in [0.3, 0.4) is 0 Å². The average Bonchev–Trinajstić information content (AvgIpc) is 3.26. The number of amides is 1. The van der Waals surface area contributed by atoms with Crippen molar-refractivity contribution in [1.82, 2.24) is 14.8 Å². The van der Waals surface area contributed by atoms with E-state index in [4.69, 9.17) is 10.1 Å². The molecule has 0 bridgehead atoms. The first-order chi connectivity index (χ1) is 17.8. The summed E-state index contributed by atoms with van der Waals surface area (Å²) in [5, 5.41) is 12.0. The number of anilines is 2. The van der Waals surface area contributed by atoms with E-state index in [0.717, 1.165) is 38.3 Å². The van der Waals surface area contributed by atoms with Gasteiger partial charge in [-0.15, -0.1) is 5.10 Å². The summed E-state index contributed by atoms with van der Waals surface area (Å²) < 4.78 is 2.80. The van der Waals surface area contributed by atoms with Crippen molar-refractivity contribution < 1.29 is 4.79 Å². The Kier molecular flexibility index (Phi) is 7.22. The number of allylic oxidation sites excluding steroid dienone is 1. The normalized spacial score (nSPS) is 14.8. The summed E-state index contributed by atoms with van der Waals surface area (Å²) in [7, 11) is 0. The Morgan fingerprint density at radius 2 is 1.78 bits per heavy atom. The van der Waals surface area contributed by atoms with E-state index >= 15 is 0 Å². The van der Waals surface area contributed by atoms with Gasteiger partial charge in [0.1, 0.15) is 6.04 Å². The lowest BCUT2D eigenvalue weighted by molar-refractivity contribution is -0.113. The van der Waals surface area contributed by atoms with Crippen molar-refractivity contribution in [2.24, 2.45) is 0 Å². The lowest BCUT2D eigenvalue weighted by atomic mass is 9.95. The largest absolute Gasteiger partial charge is 0.328 e. The molecule has 0 unspecified atom stereocenters. The van der Waals surface area contributed by atoms with Crippen LogP contribution in [0.1, 0.15) is 40.8 Å². The molecule has 0 fully saturated rings. The fraction of sp³-hybridized carbons (Fsp3) is 0.207. The Morgan fingerprint density at radius 1 is 1.03 bits per heavy atom. The molecule has 0 aliphatic carbocycles. The molecule has 2 heterocycles. The molecule has 1 amide bonds. The van der Waals surface area contributed by atoms with Crippen LogP contribution in [0.2, 0.25) is 0 Å². The van der Waals surface area contributed by atoms with E-state index in [1.807, 2.05) is 61.9 Å². The van der Waals surface area contributed by atoms with Crippen LogP contribution in [-0.4, -0.2) is 20.7 Å². The predicted octanol–water partition coefficient (Wildman–Crippen LogP) is 7.19. The monoisotopic (exact) mass is 573 g/mol. The van der Waals surface area contributed by atoms with Crippen LogP contribution >= 0.6 is 27.7 Å². The topological polar surface area (TPSA) is 71.8 Å². The van der Waals surface area contributed by atoms with E-state index in [1.54, 1.807) is 11.8 Å². The summed E-state index contributed by atoms with van der Waals surface area (Å²) in [6.45, 7) is 8.05. The molecule has 1 aliphatic heterocycles. The van der Waals surface area contributed by atoms with Gasteiger partial charge in [0.05, 0.1) is 5.57 Å². The highest BCUT2D eigenvalue weighted by Crippen LogP contribution is 2.37. The maximum Gasteiger partial charge on any atom is 0.255 e. The van der Waals surface area contributed by atoms with Gasteiger partial charge in [0.15, 0.2) is 0 Å². The molecule has 1 atom stereocenters. The van der Waals surface area contributed by atoms with Gasteiger partial charge >= 0.3 is 0 Å². The Morgan fingerprint density at radius 3 is 2.51 bits per heavy atom. The number of nitrogens with one attached hydrogen (secondary N) is 2. The summed E-state index contributed by atoms with van der Waals surface area (Å²) >= 11 is 5.11. The first-order valence-electron chi connectivity index (χ1n) is 12.1. The zero-order valence-electron chi connectivity index (χ0n) is 21.2. The van der Waals surface area contributed by atoms with Gasteiger partial charge in [0.2, 0.25) is 11.1 Å². The zero-order valence-corrected chi connectivity index (χ0v) is 23.6. The van der Waals surface area contributed by atoms with Gasteiger partial charge in [-0.1, -0.05) is 87.3 Å². The van der Waals surface area contributed by atoms with Crippen LogP contribution in [0, 0.1) is 20.8 Å². The van der Waals surface area contributed by atoms with E-state index in [2.05, 4.69) is 63.8 Å². The Balaban J connectivity index is 1.49. The summed E-state index contributed by atoms with van der Waals surface area (Å²) in [5.74, 6) is 1.22. The van der Waals surface area contributed by atoms with Gasteiger partial charge < -0.3 is 10.6 Å². The Bertz CT molecular complexity index is 1510. The highest BCUT2D eigenvalue weighted by Gasteiger charge is 2.34. The minimum Gasteiger partial charge on any atom is -0.328 e. The number of halogens is 1. The number of aryl methyl sites for hydroxylation is 3. The van der Waals surface area contributed by atoms with Crippen LogP contribution in [0.15, 0.2) is 87.6 Å². The maximum absolute atomic E-state index is 13.7. The molecular weight excluding hydrogens is 546 g/mol. The molecule has 5 rings (SSSR count). The van der Waals surface area contributed by atoms with Gasteiger partial charge in [0.25, 0.3) is 5.91 Å². The maximum atomic E-state index is 13.7. The quantitative estimate of drug-likeness (QED) is 0.239. The third kappa shape index (κ3) is 5.50. The highest BCUT2D eigenvalue weighted by atomic mass is 79.9. The second kappa shape index (κ2) is 10.6. The number of carbonyl (C=O) groups is 1. The highest BCUT2D eigenvalue weighted by molar-refractivity contribution is 9.10.